The smallest absolute Gasteiger partial charge is 0.173 e. The van der Waals surface area contributed by atoms with Crippen molar-refractivity contribution in [2.24, 2.45) is 4.99 Å². The van der Waals surface area contributed by atoms with Crippen LogP contribution in [0.4, 0.5) is 0 Å². The molecule has 1 aromatic rings. The van der Waals surface area contributed by atoms with Crippen LogP contribution in [0.1, 0.15) is 12.5 Å². The number of nitrogens with zero attached hydrogens (tertiary/aromatic N) is 3. The number of carbonyl (C=O) groups excluding carboxylic acids is 1. The Kier molecular flexibility index (Phi) is 7.46. The fraction of sp³-hybridized carbons (Fsp3) is 0.267. The molecule has 0 aliphatic rings. The summed E-state index contributed by atoms with van der Waals surface area (Å²) in [4.78, 5) is 17.5. The Morgan fingerprint density at radius 3 is 2.45 bits per heavy atom. The minimum Gasteiger partial charge on any atom is -0.369 e. The highest BCUT2D eigenvalue weighted by atomic mass is 35.5. The quantitative estimate of drug-likeness (QED) is 0.333. The highest BCUT2D eigenvalue weighted by Crippen LogP contribution is 2.32. The molecule has 116 valence electrons. The molecular weight excluding hydrogens is 341 g/mol. The van der Waals surface area contributed by atoms with E-state index in [4.69, 9.17) is 28.5 Å². The molecule has 0 saturated carbocycles. The molecule has 0 unspecified atom stereocenters. The molecule has 0 atom stereocenters. The number of aliphatic imine (C=N–C) groups is 1. The van der Waals surface area contributed by atoms with E-state index < -0.39 is 0 Å². The molecule has 0 aromatic heterocycles. The summed E-state index contributed by atoms with van der Waals surface area (Å²) >= 11 is 13.5. The second kappa shape index (κ2) is 8.84. The first-order valence-corrected chi connectivity index (χ1v) is 8.02. The predicted octanol–water partition coefficient (Wildman–Crippen LogP) is 4.14. The average Bonchev–Trinajstić information content (AvgIpc) is 2.43. The number of rotatable bonds is 6. The Balaban J connectivity index is 3.10. The first-order valence-electron chi connectivity index (χ1n) is 6.28. The fourth-order valence-electron chi connectivity index (χ4n) is 1.43. The molecule has 0 fully saturated rings. The number of benzene rings is 1. The van der Waals surface area contributed by atoms with E-state index in [9.17, 15) is 4.79 Å². The molecule has 0 spiro atoms. The Labute approximate surface area is 144 Å². The van der Waals surface area contributed by atoms with Gasteiger partial charge >= 0.3 is 0 Å². The minimum atomic E-state index is -0.328. The summed E-state index contributed by atoms with van der Waals surface area (Å²) in [6.45, 7) is 1.34. The first-order chi connectivity index (χ1) is 10.4. The van der Waals surface area contributed by atoms with Gasteiger partial charge < -0.3 is 4.90 Å². The third-order valence-electron chi connectivity index (χ3n) is 2.50. The molecule has 22 heavy (non-hydrogen) atoms. The van der Waals surface area contributed by atoms with Gasteiger partial charge in [0.25, 0.3) is 0 Å². The predicted molar refractivity (Wildman–Crippen MR) is 93.3 cm³/mol. The molecule has 0 heterocycles. The molecule has 1 rings (SSSR count). The Morgan fingerprint density at radius 1 is 1.41 bits per heavy atom. The molecule has 0 radical (unpaired) electrons. The van der Waals surface area contributed by atoms with Crippen LogP contribution in [0.2, 0.25) is 10.0 Å². The SMILES string of the molecule is CC(=O)/C(C#N)=C(\N=CN(C)C)SCc1c(Cl)cccc1Cl. The third kappa shape index (κ3) is 5.38. The lowest BCUT2D eigenvalue weighted by Crippen LogP contribution is -2.08. The van der Waals surface area contributed by atoms with Crippen LogP contribution in [-0.4, -0.2) is 31.1 Å². The van der Waals surface area contributed by atoms with Crippen molar-refractivity contribution in [3.63, 3.8) is 0 Å². The largest absolute Gasteiger partial charge is 0.369 e. The van der Waals surface area contributed by atoms with Crippen molar-refractivity contribution in [1.29, 1.82) is 5.26 Å². The van der Waals surface area contributed by atoms with E-state index in [-0.39, 0.29) is 11.4 Å². The van der Waals surface area contributed by atoms with Crippen molar-refractivity contribution >= 4 is 47.1 Å². The van der Waals surface area contributed by atoms with Crippen molar-refractivity contribution in [2.75, 3.05) is 14.1 Å². The summed E-state index contributed by atoms with van der Waals surface area (Å²) in [7, 11) is 3.60. The van der Waals surface area contributed by atoms with E-state index in [1.54, 1.807) is 37.2 Å². The molecule has 0 aliphatic heterocycles. The summed E-state index contributed by atoms with van der Waals surface area (Å²) in [5.41, 5.74) is 0.764. The summed E-state index contributed by atoms with van der Waals surface area (Å²) < 4.78 is 0. The Morgan fingerprint density at radius 2 is 2.00 bits per heavy atom. The lowest BCUT2D eigenvalue weighted by Gasteiger charge is -2.09. The lowest BCUT2D eigenvalue weighted by molar-refractivity contribution is -0.113. The number of thioether (sulfide) groups is 1. The fourth-order valence-corrected chi connectivity index (χ4v) is 3.17. The number of hydrogen-bond acceptors (Lipinski definition) is 4. The lowest BCUT2D eigenvalue weighted by atomic mass is 10.2. The van der Waals surface area contributed by atoms with Gasteiger partial charge in [-0.15, -0.1) is 11.8 Å². The second-order valence-electron chi connectivity index (χ2n) is 4.55. The number of ketones is 1. The summed E-state index contributed by atoms with van der Waals surface area (Å²) in [6.07, 6.45) is 1.54. The summed E-state index contributed by atoms with van der Waals surface area (Å²) in [5, 5.41) is 10.6. The van der Waals surface area contributed by atoms with Crippen molar-refractivity contribution in [3.05, 3.63) is 44.4 Å². The zero-order valence-electron chi connectivity index (χ0n) is 12.4. The van der Waals surface area contributed by atoms with E-state index in [1.807, 2.05) is 6.07 Å². The second-order valence-corrected chi connectivity index (χ2v) is 6.32. The maximum absolute atomic E-state index is 11.6. The monoisotopic (exact) mass is 355 g/mol. The van der Waals surface area contributed by atoms with Crippen molar-refractivity contribution in [3.8, 4) is 6.07 Å². The standard InChI is InChI=1S/C15H15Cl2N3OS/c1-10(21)11(7-18)15(19-9-20(2)3)22-8-12-13(16)5-4-6-14(12)17/h4-6,9H,8H2,1-3H3/b15-11+,19-9?. The molecule has 0 saturated heterocycles. The number of hydrogen-bond donors (Lipinski definition) is 0. The van der Waals surface area contributed by atoms with Gasteiger partial charge in [-0.2, -0.15) is 5.26 Å². The van der Waals surface area contributed by atoms with Gasteiger partial charge in [0.15, 0.2) is 5.78 Å². The topological polar surface area (TPSA) is 56.5 Å². The molecule has 1 aromatic carbocycles. The van der Waals surface area contributed by atoms with E-state index in [0.29, 0.717) is 20.8 Å². The van der Waals surface area contributed by atoms with Crippen LogP contribution >= 0.6 is 35.0 Å². The van der Waals surface area contributed by atoms with Crippen LogP contribution in [0.25, 0.3) is 0 Å². The molecule has 4 nitrogen and oxygen atoms in total. The maximum Gasteiger partial charge on any atom is 0.173 e. The van der Waals surface area contributed by atoms with Gasteiger partial charge in [-0.05, 0) is 24.6 Å². The van der Waals surface area contributed by atoms with E-state index >= 15 is 0 Å². The Bertz CT molecular complexity index is 643. The number of nitriles is 1. The molecule has 0 bridgehead atoms. The van der Waals surface area contributed by atoms with Gasteiger partial charge in [0.05, 0.1) is 6.34 Å². The number of Topliss-reactive ketones (excluding diaryl/α,β-unsaturated/α-hetero) is 1. The normalized spacial score (nSPS) is 12.0. The van der Waals surface area contributed by atoms with E-state index in [2.05, 4.69) is 4.99 Å². The van der Waals surface area contributed by atoms with Gasteiger partial charge in [0, 0.05) is 29.9 Å². The molecule has 7 heteroatoms. The summed E-state index contributed by atoms with van der Waals surface area (Å²) in [5.74, 6) is 0.0861. The number of carbonyl (C=O) groups is 1. The van der Waals surface area contributed by atoms with E-state index in [1.165, 1.54) is 25.0 Å². The Hall–Kier alpha value is -1.48. The average molecular weight is 356 g/mol. The molecular formula is C15H15Cl2N3OS. The zero-order valence-corrected chi connectivity index (χ0v) is 14.8. The van der Waals surface area contributed by atoms with Gasteiger partial charge in [-0.3, -0.25) is 4.79 Å². The third-order valence-corrected chi connectivity index (χ3v) is 4.22. The van der Waals surface area contributed by atoms with Gasteiger partial charge in [0.1, 0.15) is 16.7 Å². The number of allylic oxidation sites excluding steroid dienone is 1. The molecule has 0 N–H and O–H groups in total. The first kappa shape index (κ1) is 18.6. The van der Waals surface area contributed by atoms with Crippen LogP contribution < -0.4 is 0 Å². The van der Waals surface area contributed by atoms with Crippen LogP contribution in [0.15, 0.2) is 33.8 Å². The van der Waals surface area contributed by atoms with Gasteiger partial charge in [-0.1, -0.05) is 29.3 Å². The molecule has 0 aliphatic carbocycles. The van der Waals surface area contributed by atoms with Crippen molar-refractivity contribution in [2.45, 2.75) is 12.7 Å². The van der Waals surface area contributed by atoms with Crippen LogP contribution in [0.5, 0.6) is 0 Å². The number of halogens is 2. The summed E-state index contributed by atoms with van der Waals surface area (Å²) in [6, 6.07) is 7.15. The van der Waals surface area contributed by atoms with Crippen molar-refractivity contribution < 1.29 is 4.79 Å². The van der Waals surface area contributed by atoms with Crippen LogP contribution in [0, 0.1) is 11.3 Å². The zero-order chi connectivity index (χ0) is 16.7. The van der Waals surface area contributed by atoms with E-state index in [0.717, 1.165) is 5.56 Å². The maximum atomic E-state index is 11.6. The molecule has 0 amide bonds. The highest BCUT2D eigenvalue weighted by molar-refractivity contribution is 8.02. The highest BCUT2D eigenvalue weighted by Gasteiger charge is 2.13. The minimum absolute atomic E-state index is 0.0197. The van der Waals surface area contributed by atoms with Gasteiger partial charge in [-0.25, -0.2) is 4.99 Å². The van der Waals surface area contributed by atoms with Crippen molar-refractivity contribution in [1.82, 2.24) is 4.90 Å². The van der Waals surface area contributed by atoms with Crippen LogP contribution in [0.3, 0.4) is 0 Å². The van der Waals surface area contributed by atoms with Crippen LogP contribution in [-0.2, 0) is 10.5 Å². The van der Waals surface area contributed by atoms with Gasteiger partial charge in [0.2, 0.25) is 0 Å².